The molecule has 1 heterocycles. The van der Waals surface area contributed by atoms with E-state index in [0.717, 1.165) is 27.7 Å². The van der Waals surface area contributed by atoms with Gasteiger partial charge in [-0.1, -0.05) is 60.7 Å². The number of rotatable bonds is 7. The number of hydrogen-bond donors (Lipinski definition) is 2. The third kappa shape index (κ3) is 4.67. The van der Waals surface area contributed by atoms with Gasteiger partial charge in [-0.25, -0.2) is 0 Å². The summed E-state index contributed by atoms with van der Waals surface area (Å²) in [6, 6.07) is 27.6. The van der Waals surface area contributed by atoms with E-state index in [4.69, 9.17) is 0 Å². The van der Waals surface area contributed by atoms with Gasteiger partial charge in [0.2, 0.25) is 5.91 Å². The molecular weight excluding hydrogens is 386 g/mol. The van der Waals surface area contributed by atoms with E-state index in [2.05, 4.69) is 34.9 Å². The van der Waals surface area contributed by atoms with Crippen molar-refractivity contribution >= 4 is 22.7 Å². The van der Waals surface area contributed by atoms with Crippen LogP contribution in [0.25, 0.3) is 22.2 Å². The Hall–Kier alpha value is -3.86. The van der Waals surface area contributed by atoms with Gasteiger partial charge in [-0.15, -0.1) is 0 Å². The zero-order valence-electron chi connectivity index (χ0n) is 17.5. The summed E-state index contributed by atoms with van der Waals surface area (Å²) in [4.78, 5) is 24.9. The SMILES string of the molecule is CCNC(=O)c1cccc(CNC(=O)Cn2c(-c3ccccc3)cc3ccccc32)c1. The summed E-state index contributed by atoms with van der Waals surface area (Å²) < 4.78 is 2.05. The van der Waals surface area contributed by atoms with E-state index in [1.54, 1.807) is 6.07 Å². The predicted molar refractivity (Wildman–Crippen MR) is 124 cm³/mol. The fourth-order valence-electron chi connectivity index (χ4n) is 3.71. The number of fused-ring (bicyclic) bond motifs is 1. The van der Waals surface area contributed by atoms with E-state index in [-0.39, 0.29) is 18.4 Å². The second-order valence-electron chi connectivity index (χ2n) is 7.38. The molecule has 1 aromatic heterocycles. The van der Waals surface area contributed by atoms with Crippen molar-refractivity contribution in [3.8, 4) is 11.3 Å². The topological polar surface area (TPSA) is 63.1 Å². The zero-order chi connectivity index (χ0) is 21.6. The Morgan fingerprint density at radius 1 is 0.839 bits per heavy atom. The van der Waals surface area contributed by atoms with Crippen LogP contribution in [0.5, 0.6) is 0 Å². The number of carbonyl (C=O) groups excluding carboxylic acids is 2. The first kappa shape index (κ1) is 20.4. The molecule has 0 unspecified atom stereocenters. The normalized spacial score (nSPS) is 10.7. The van der Waals surface area contributed by atoms with Crippen molar-refractivity contribution in [2.24, 2.45) is 0 Å². The van der Waals surface area contributed by atoms with Gasteiger partial charge in [-0.05, 0) is 42.3 Å². The van der Waals surface area contributed by atoms with Crippen LogP contribution in [-0.4, -0.2) is 22.9 Å². The van der Waals surface area contributed by atoms with Crippen LogP contribution in [0.2, 0.25) is 0 Å². The Balaban J connectivity index is 1.52. The molecule has 0 bridgehead atoms. The fourth-order valence-corrected chi connectivity index (χ4v) is 3.71. The summed E-state index contributed by atoms with van der Waals surface area (Å²) in [5.41, 5.74) is 4.58. The number of amides is 2. The molecule has 0 aliphatic carbocycles. The lowest BCUT2D eigenvalue weighted by atomic mass is 10.1. The van der Waals surface area contributed by atoms with Gasteiger partial charge < -0.3 is 15.2 Å². The predicted octanol–water partition coefficient (Wildman–Crippen LogP) is 4.37. The van der Waals surface area contributed by atoms with Gasteiger partial charge in [0, 0.05) is 35.2 Å². The summed E-state index contributed by atoms with van der Waals surface area (Å²) in [5, 5.41) is 6.88. The first-order valence-electron chi connectivity index (χ1n) is 10.4. The van der Waals surface area contributed by atoms with Gasteiger partial charge in [-0.3, -0.25) is 9.59 Å². The summed E-state index contributed by atoms with van der Waals surface area (Å²) in [6.45, 7) is 3.05. The number of benzene rings is 3. The molecule has 5 nitrogen and oxygen atoms in total. The lowest BCUT2D eigenvalue weighted by Gasteiger charge is -2.12. The molecule has 0 aliphatic heterocycles. The van der Waals surface area contributed by atoms with Crippen molar-refractivity contribution in [1.82, 2.24) is 15.2 Å². The van der Waals surface area contributed by atoms with Gasteiger partial charge in [0.15, 0.2) is 0 Å². The highest BCUT2D eigenvalue weighted by molar-refractivity contribution is 5.94. The third-order valence-corrected chi connectivity index (χ3v) is 5.20. The van der Waals surface area contributed by atoms with Crippen molar-refractivity contribution < 1.29 is 9.59 Å². The second-order valence-corrected chi connectivity index (χ2v) is 7.38. The molecule has 0 aliphatic rings. The van der Waals surface area contributed by atoms with E-state index >= 15 is 0 Å². The summed E-state index contributed by atoms with van der Waals surface area (Å²) >= 11 is 0. The molecule has 156 valence electrons. The smallest absolute Gasteiger partial charge is 0.251 e. The lowest BCUT2D eigenvalue weighted by molar-refractivity contribution is -0.121. The molecule has 3 aromatic carbocycles. The van der Waals surface area contributed by atoms with Crippen molar-refractivity contribution in [2.75, 3.05) is 6.54 Å². The summed E-state index contributed by atoms with van der Waals surface area (Å²) in [5.74, 6) is -0.191. The molecule has 0 radical (unpaired) electrons. The van der Waals surface area contributed by atoms with Crippen LogP contribution in [0.4, 0.5) is 0 Å². The summed E-state index contributed by atoms with van der Waals surface area (Å²) in [6.07, 6.45) is 0. The maximum atomic E-state index is 12.8. The number of para-hydroxylation sites is 1. The highest BCUT2D eigenvalue weighted by atomic mass is 16.2. The van der Waals surface area contributed by atoms with Crippen LogP contribution in [0.1, 0.15) is 22.8 Å². The van der Waals surface area contributed by atoms with Crippen LogP contribution in [0.15, 0.2) is 84.9 Å². The molecule has 31 heavy (non-hydrogen) atoms. The molecular formula is C26H25N3O2. The molecule has 0 fully saturated rings. The number of aromatic nitrogens is 1. The average molecular weight is 412 g/mol. The minimum Gasteiger partial charge on any atom is -0.352 e. The van der Waals surface area contributed by atoms with E-state index in [1.165, 1.54) is 0 Å². The molecule has 0 saturated heterocycles. The minimum absolute atomic E-state index is 0.0815. The monoisotopic (exact) mass is 411 g/mol. The standard InChI is InChI=1S/C26H25N3O2/c1-2-27-26(31)22-13-8-9-19(15-22)17-28-25(30)18-29-23-14-7-6-12-21(23)16-24(29)20-10-4-3-5-11-20/h3-16H,2,17-18H2,1H3,(H,27,31)(H,28,30). The molecule has 0 atom stereocenters. The van der Waals surface area contributed by atoms with Crippen molar-refractivity contribution in [3.05, 3.63) is 96.1 Å². The van der Waals surface area contributed by atoms with Crippen molar-refractivity contribution in [1.29, 1.82) is 0 Å². The first-order chi connectivity index (χ1) is 15.2. The number of nitrogens with zero attached hydrogens (tertiary/aromatic N) is 1. The van der Waals surface area contributed by atoms with Gasteiger partial charge >= 0.3 is 0 Å². The zero-order valence-corrected chi connectivity index (χ0v) is 17.5. The third-order valence-electron chi connectivity index (χ3n) is 5.20. The van der Waals surface area contributed by atoms with E-state index in [9.17, 15) is 9.59 Å². The fraction of sp³-hybridized carbons (Fsp3) is 0.154. The Morgan fingerprint density at radius 2 is 1.61 bits per heavy atom. The van der Waals surface area contributed by atoms with Crippen LogP contribution in [-0.2, 0) is 17.9 Å². The van der Waals surface area contributed by atoms with Gasteiger partial charge in [0.25, 0.3) is 5.91 Å². The number of nitrogens with one attached hydrogen (secondary N) is 2. The molecule has 2 N–H and O–H groups in total. The Labute approximate surface area is 181 Å². The average Bonchev–Trinajstić information content (AvgIpc) is 3.17. The number of carbonyl (C=O) groups is 2. The lowest BCUT2D eigenvalue weighted by Crippen LogP contribution is -2.27. The van der Waals surface area contributed by atoms with E-state index in [1.807, 2.05) is 66.1 Å². The van der Waals surface area contributed by atoms with Crippen LogP contribution < -0.4 is 10.6 Å². The maximum absolute atomic E-state index is 12.8. The second kappa shape index (κ2) is 9.30. The van der Waals surface area contributed by atoms with Gasteiger partial charge in [0.05, 0.1) is 0 Å². The molecule has 5 heteroatoms. The van der Waals surface area contributed by atoms with Gasteiger partial charge in [-0.2, -0.15) is 0 Å². The molecule has 4 aromatic rings. The largest absolute Gasteiger partial charge is 0.352 e. The van der Waals surface area contributed by atoms with Crippen molar-refractivity contribution in [3.63, 3.8) is 0 Å². The summed E-state index contributed by atoms with van der Waals surface area (Å²) in [7, 11) is 0. The van der Waals surface area contributed by atoms with Crippen molar-refractivity contribution in [2.45, 2.75) is 20.0 Å². The van der Waals surface area contributed by atoms with Crippen LogP contribution in [0, 0.1) is 0 Å². The molecule has 2 amide bonds. The van der Waals surface area contributed by atoms with E-state index in [0.29, 0.717) is 18.7 Å². The molecule has 0 saturated carbocycles. The maximum Gasteiger partial charge on any atom is 0.251 e. The molecule has 4 rings (SSSR count). The van der Waals surface area contributed by atoms with E-state index < -0.39 is 0 Å². The highest BCUT2D eigenvalue weighted by Crippen LogP contribution is 2.28. The number of hydrogen-bond acceptors (Lipinski definition) is 2. The Morgan fingerprint density at radius 3 is 2.42 bits per heavy atom. The van der Waals surface area contributed by atoms with Crippen LogP contribution in [0.3, 0.4) is 0 Å². The Kier molecular flexibility index (Phi) is 6.13. The Bertz CT molecular complexity index is 1210. The van der Waals surface area contributed by atoms with Gasteiger partial charge in [0.1, 0.15) is 6.54 Å². The minimum atomic E-state index is -0.109. The molecule has 0 spiro atoms. The first-order valence-corrected chi connectivity index (χ1v) is 10.4. The highest BCUT2D eigenvalue weighted by Gasteiger charge is 2.13. The quantitative estimate of drug-likeness (QED) is 0.474. The van der Waals surface area contributed by atoms with Crippen LogP contribution >= 0.6 is 0 Å².